The Hall–Kier alpha value is -2.34. The number of aryl methyl sites for hydroxylation is 3. The quantitative estimate of drug-likeness (QED) is 0.496. The summed E-state index contributed by atoms with van der Waals surface area (Å²) in [6, 6.07) is 6.46. The van der Waals surface area contributed by atoms with E-state index >= 15 is 0 Å². The lowest BCUT2D eigenvalue weighted by Gasteiger charge is -2.30. The van der Waals surface area contributed by atoms with Crippen molar-refractivity contribution in [3.8, 4) is 0 Å². The Morgan fingerprint density at radius 1 is 1.32 bits per heavy atom. The van der Waals surface area contributed by atoms with E-state index in [1.54, 1.807) is 4.68 Å². The van der Waals surface area contributed by atoms with Gasteiger partial charge in [0.25, 0.3) is 5.91 Å². The molecular weight excluding hydrogens is 278 g/mol. The standard InChI is InChI=1S/C16H21N5O/c1-10-4-5-12(8-11(10)2)21-7-6-14-13(9-21)15(16(22)18-17)19-20(14)3/h4-5,8H,6-7,9,17H2,1-3H3,(H,18,22). The summed E-state index contributed by atoms with van der Waals surface area (Å²) in [5, 5.41) is 4.32. The smallest absolute Gasteiger partial charge is 0.286 e. The Morgan fingerprint density at radius 2 is 2.09 bits per heavy atom. The summed E-state index contributed by atoms with van der Waals surface area (Å²) in [6.45, 7) is 5.82. The average Bonchev–Trinajstić information content (AvgIpc) is 2.86. The van der Waals surface area contributed by atoms with E-state index in [2.05, 4.69) is 47.5 Å². The molecule has 116 valence electrons. The van der Waals surface area contributed by atoms with Crippen LogP contribution in [0.15, 0.2) is 18.2 Å². The van der Waals surface area contributed by atoms with Crippen LogP contribution >= 0.6 is 0 Å². The van der Waals surface area contributed by atoms with Gasteiger partial charge in [-0.15, -0.1) is 0 Å². The largest absolute Gasteiger partial charge is 0.367 e. The Labute approximate surface area is 129 Å². The molecule has 0 radical (unpaired) electrons. The molecule has 1 aliphatic heterocycles. The minimum absolute atomic E-state index is 0.334. The molecule has 0 aliphatic carbocycles. The molecular formula is C16H21N5O. The molecule has 0 fully saturated rings. The number of nitrogen functional groups attached to an aromatic ring is 1. The highest BCUT2D eigenvalue weighted by atomic mass is 16.2. The second-order valence-electron chi connectivity index (χ2n) is 5.81. The van der Waals surface area contributed by atoms with Gasteiger partial charge in [-0.25, -0.2) is 5.84 Å². The van der Waals surface area contributed by atoms with Crippen molar-refractivity contribution in [3.05, 3.63) is 46.3 Å². The monoisotopic (exact) mass is 299 g/mol. The van der Waals surface area contributed by atoms with E-state index in [1.165, 1.54) is 16.8 Å². The van der Waals surface area contributed by atoms with Gasteiger partial charge >= 0.3 is 0 Å². The first-order valence-corrected chi connectivity index (χ1v) is 7.39. The molecule has 6 nitrogen and oxygen atoms in total. The van der Waals surface area contributed by atoms with Gasteiger partial charge in [0.1, 0.15) is 0 Å². The summed E-state index contributed by atoms with van der Waals surface area (Å²) >= 11 is 0. The third-order valence-electron chi connectivity index (χ3n) is 4.44. The van der Waals surface area contributed by atoms with E-state index in [9.17, 15) is 4.79 Å². The SMILES string of the molecule is Cc1ccc(N2CCc3c(c(C(=O)NN)nn3C)C2)cc1C. The Balaban J connectivity index is 1.95. The lowest BCUT2D eigenvalue weighted by atomic mass is 10.0. The first-order valence-electron chi connectivity index (χ1n) is 7.39. The third-order valence-corrected chi connectivity index (χ3v) is 4.44. The van der Waals surface area contributed by atoms with Gasteiger partial charge in [-0.3, -0.25) is 14.9 Å². The van der Waals surface area contributed by atoms with Crippen molar-refractivity contribution in [3.63, 3.8) is 0 Å². The Bertz CT molecular complexity index is 734. The average molecular weight is 299 g/mol. The number of fused-ring (bicyclic) bond motifs is 1. The van der Waals surface area contributed by atoms with Gasteiger partial charge < -0.3 is 4.90 Å². The minimum atomic E-state index is -0.334. The number of nitrogens with one attached hydrogen (secondary N) is 1. The number of nitrogens with zero attached hydrogens (tertiary/aromatic N) is 3. The van der Waals surface area contributed by atoms with Crippen molar-refractivity contribution in [2.45, 2.75) is 26.8 Å². The van der Waals surface area contributed by atoms with Gasteiger partial charge in [0.15, 0.2) is 5.69 Å². The van der Waals surface area contributed by atoms with Gasteiger partial charge in [-0.05, 0) is 37.1 Å². The summed E-state index contributed by atoms with van der Waals surface area (Å²) in [6.07, 6.45) is 0.865. The van der Waals surface area contributed by atoms with Crippen LogP contribution in [0.4, 0.5) is 5.69 Å². The molecule has 0 saturated carbocycles. The molecule has 1 aliphatic rings. The molecule has 0 unspecified atom stereocenters. The molecule has 1 aromatic carbocycles. The first kappa shape index (κ1) is 14.6. The van der Waals surface area contributed by atoms with E-state index in [1.807, 2.05) is 7.05 Å². The van der Waals surface area contributed by atoms with E-state index in [-0.39, 0.29) is 5.91 Å². The molecule has 22 heavy (non-hydrogen) atoms. The number of hydrogen-bond acceptors (Lipinski definition) is 4. The molecule has 3 N–H and O–H groups in total. The Morgan fingerprint density at radius 3 is 2.77 bits per heavy atom. The summed E-state index contributed by atoms with van der Waals surface area (Å²) < 4.78 is 1.79. The fraction of sp³-hybridized carbons (Fsp3) is 0.375. The summed E-state index contributed by atoms with van der Waals surface area (Å²) in [4.78, 5) is 14.2. The molecule has 6 heteroatoms. The zero-order chi connectivity index (χ0) is 15.9. The number of hydrazine groups is 1. The van der Waals surface area contributed by atoms with E-state index in [0.717, 1.165) is 24.2 Å². The van der Waals surface area contributed by atoms with Gasteiger partial charge in [0.05, 0.1) is 0 Å². The summed E-state index contributed by atoms with van der Waals surface area (Å²) in [7, 11) is 1.87. The number of rotatable bonds is 2. The summed E-state index contributed by atoms with van der Waals surface area (Å²) in [5.41, 5.74) is 8.42. The van der Waals surface area contributed by atoms with Crippen molar-refractivity contribution >= 4 is 11.6 Å². The number of amides is 1. The van der Waals surface area contributed by atoms with Crippen LogP contribution in [0, 0.1) is 13.8 Å². The van der Waals surface area contributed by atoms with E-state index in [4.69, 9.17) is 5.84 Å². The van der Waals surface area contributed by atoms with Crippen molar-refractivity contribution < 1.29 is 4.79 Å². The fourth-order valence-electron chi connectivity index (χ4n) is 2.99. The molecule has 1 amide bonds. The highest BCUT2D eigenvalue weighted by molar-refractivity contribution is 5.93. The number of carbonyl (C=O) groups excluding carboxylic acids is 1. The zero-order valence-electron chi connectivity index (χ0n) is 13.2. The Kier molecular flexibility index (Phi) is 3.62. The van der Waals surface area contributed by atoms with Crippen molar-refractivity contribution in [2.75, 3.05) is 11.4 Å². The van der Waals surface area contributed by atoms with Crippen LogP contribution in [-0.2, 0) is 20.0 Å². The maximum absolute atomic E-state index is 11.9. The van der Waals surface area contributed by atoms with Crippen LogP contribution in [0.5, 0.6) is 0 Å². The predicted octanol–water partition coefficient (Wildman–Crippen LogP) is 1.20. The molecule has 1 aromatic heterocycles. The summed E-state index contributed by atoms with van der Waals surface area (Å²) in [5.74, 6) is 4.93. The van der Waals surface area contributed by atoms with Gasteiger partial charge in [-0.2, -0.15) is 5.10 Å². The zero-order valence-corrected chi connectivity index (χ0v) is 13.2. The highest BCUT2D eigenvalue weighted by Crippen LogP contribution is 2.27. The van der Waals surface area contributed by atoms with Crippen LogP contribution in [0.2, 0.25) is 0 Å². The lowest BCUT2D eigenvalue weighted by molar-refractivity contribution is 0.0947. The number of anilines is 1. The lowest BCUT2D eigenvalue weighted by Crippen LogP contribution is -2.34. The van der Waals surface area contributed by atoms with Crippen molar-refractivity contribution in [1.29, 1.82) is 0 Å². The number of carbonyl (C=O) groups is 1. The predicted molar refractivity (Wildman–Crippen MR) is 85.5 cm³/mol. The molecule has 2 aromatic rings. The minimum Gasteiger partial charge on any atom is -0.367 e. The molecule has 0 bridgehead atoms. The normalized spacial score (nSPS) is 13.9. The maximum atomic E-state index is 11.9. The molecule has 0 atom stereocenters. The fourth-order valence-corrected chi connectivity index (χ4v) is 2.99. The second-order valence-corrected chi connectivity index (χ2v) is 5.81. The molecule has 0 spiro atoms. The van der Waals surface area contributed by atoms with Gasteiger partial charge in [-0.1, -0.05) is 6.07 Å². The van der Waals surface area contributed by atoms with Gasteiger partial charge in [0, 0.05) is 43.5 Å². The molecule has 3 rings (SSSR count). The van der Waals surface area contributed by atoms with E-state index < -0.39 is 0 Å². The van der Waals surface area contributed by atoms with E-state index in [0.29, 0.717) is 12.2 Å². The van der Waals surface area contributed by atoms with Crippen LogP contribution in [0.3, 0.4) is 0 Å². The molecule has 2 heterocycles. The van der Waals surface area contributed by atoms with Crippen molar-refractivity contribution in [2.24, 2.45) is 12.9 Å². The highest BCUT2D eigenvalue weighted by Gasteiger charge is 2.27. The van der Waals surface area contributed by atoms with Crippen LogP contribution in [0.1, 0.15) is 32.9 Å². The van der Waals surface area contributed by atoms with Crippen LogP contribution in [-0.4, -0.2) is 22.2 Å². The van der Waals surface area contributed by atoms with Crippen molar-refractivity contribution in [1.82, 2.24) is 15.2 Å². The number of nitrogens with two attached hydrogens (primary N) is 1. The van der Waals surface area contributed by atoms with Crippen LogP contribution < -0.4 is 16.2 Å². The number of aromatic nitrogens is 2. The van der Waals surface area contributed by atoms with Crippen LogP contribution in [0.25, 0.3) is 0 Å². The first-order chi connectivity index (χ1) is 10.5. The maximum Gasteiger partial charge on any atom is 0.286 e. The topological polar surface area (TPSA) is 76.2 Å². The van der Waals surface area contributed by atoms with Gasteiger partial charge in [0.2, 0.25) is 0 Å². The third kappa shape index (κ3) is 2.35. The second kappa shape index (κ2) is 5.46. The molecule has 0 saturated heterocycles. The number of benzene rings is 1. The number of hydrogen-bond donors (Lipinski definition) is 2.